The molecule has 1 aliphatic carbocycles. The Bertz CT molecular complexity index is 198. The number of hydrogen-bond donors (Lipinski definition) is 0. The largest absolute Gasteiger partial charge is 0.454 e. The minimum atomic E-state index is -0.461. The summed E-state index contributed by atoms with van der Waals surface area (Å²) in [5.41, 5.74) is 0. The predicted octanol–water partition coefficient (Wildman–Crippen LogP) is 1.31. The van der Waals surface area contributed by atoms with E-state index >= 15 is 0 Å². The van der Waals surface area contributed by atoms with Crippen molar-refractivity contribution in [3.8, 4) is 0 Å². The van der Waals surface area contributed by atoms with E-state index in [2.05, 4.69) is 0 Å². The Labute approximate surface area is 72.1 Å². The Hall–Kier alpha value is -0.860. The third-order valence-corrected chi connectivity index (χ3v) is 2.23. The highest BCUT2D eigenvalue weighted by molar-refractivity contribution is 5.87. The van der Waals surface area contributed by atoms with E-state index in [1.807, 2.05) is 6.92 Å². The summed E-state index contributed by atoms with van der Waals surface area (Å²) in [6.45, 7) is 3.67. The molecule has 1 aliphatic rings. The Morgan fingerprint density at radius 1 is 1.67 bits per heavy atom. The molecule has 1 unspecified atom stereocenters. The molecule has 0 amide bonds. The maximum absolute atomic E-state index is 11.2. The van der Waals surface area contributed by atoms with E-state index in [0.29, 0.717) is 12.8 Å². The first kappa shape index (κ1) is 9.23. The zero-order valence-corrected chi connectivity index (χ0v) is 7.50. The highest BCUT2D eigenvalue weighted by atomic mass is 16.5. The lowest BCUT2D eigenvalue weighted by atomic mass is 10.1. The number of ether oxygens (including phenoxy) is 1. The standard InChI is InChI=1S/C9H14O3/c1-3-8(11)12-9-6(2)4-5-7(9)10/h6,9H,3-5H2,1-2H3/t6-,9?/m1/s1. The van der Waals surface area contributed by atoms with E-state index in [9.17, 15) is 9.59 Å². The summed E-state index contributed by atoms with van der Waals surface area (Å²) < 4.78 is 5.00. The fourth-order valence-corrected chi connectivity index (χ4v) is 1.39. The van der Waals surface area contributed by atoms with Gasteiger partial charge in [-0.15, -0.1) is 0 Å². The van der Waals surface area contributed by atoms with Gasteiger partial charge in [0.15, 0.2) is 11.9 Å². The molecule has 68 valence electrons. The number of esters is 1. The van der Waals surface area contributed by atoms with Crippen molar-refractivity contribution >= 4 is 11.8 Å². The molecule has 0 aromatic heterocycles. The first-order valence-electron chi connectivity index (χ1n) is 4.37. The number of hydrogen-bond acceptors (Lipinski definition) is 3. The second-order valence-corrected chi connectivity index (χ2v) is 3.25. The zero-order chi connectivity index (χ0) is 9.14. The molecule has 0 aliphatic heterocycles. The van der Waals surface area contributed by atoms with Crippen LogP contribution >= 0.6 is 0 Å². The van der Waals surface area contributed by atoms with E-state index in [1.54, 1.807) is 6.92 Å². The number of carbonyl (C=O) groups is 2. The summed E-state index contributed by atoms with van der Waals surface area (Å²) in [6.07, 6.45) is 1.29. The molecule has 0 spiro atoms. The smallest absolute Gasteiger partial charge is 0.306 e. The van der Waals surface area contributed by atoms with Crippen LogP contribution in [0, 0.1) is 5.92 Å². The maximum Gasteiger partial charge on any atom is 0.306 e. The second kappa shape index (κ2) is 3.70. The minimum Gasteiger partial charge on any atom is -0.454 e. The Morgan fingerprint density at radius 2 is 2.33 bits per heavy atom. The van der Waals surface area contributed by atoms with Gasteiger partial charge in [0.2, 0.25) is 0 Å². The number of ketones is 1. The van der Waals surface area contributed by atoms with Gasteiger partial charge in [-0.05, 0) is 6.42 Å². The van der Waals surface area contributed by atoms with Crippen LogP contribution in [0.5, 0.6) is 0 Å². The highest BCUT2D eigenvalue weighted by Crippen LogP contribution is 2.24. The van der Waals surface area contributed by atoms with Gasteiger partial charge in [0.25, 0.3) is 0 Å². The Kier molecular flexibility index (Phi) is 2.84. The maximum atomic E-state index is 11.2. The lowest BCUT2D eigenvalue weighted by Crippen LogP contribution is -2.26. The fourth-order valence-electron chi connectivity index (χ4n) is 1.39. The summed E-state index contributed by atoms with van der Waals surface area (Å²) in [7, 11) is 0. The Morgan fingerprint density at radius 3 is 2.75 bits per heavy atom. The molecule has 3 nitrogen and oxygen atoms in total. The van der Waals surface area contributed by atoms with Gasteiger partial charge in [0.05, 0.1) is 0 Å². The van der Waals surface area contributed by atoms with Crippen LogP contribution in [0.3, 0.4) is 0 Å². The van der Waals surface area contributed by atoms with Crippen LogP contribution in [0.4, 0.5) is 0 Å². The lowest BCUT2D eigenvalue weighted by molar-refractivity contribution is -0.155. The molecule has 1 saturated carbocycles. The molecule has 0 aromatic rings. The topological polar surface area (TPSA) is 43.4 Å². The summed E-state index contributed by atoms with van der Waals surface area (Å²) >= 11 is 0. The van der Waals surface area contributed by atoms with Gasteiger partial charge in [-0.2, -0.15) is 0 Å². The van der Waals surface area contributed by atoms with Crippen LogP contribution in [-0.4, -0.2) is 17.9 Å². The normalized spacial score (nSPS) is 29.0. The molecule has 0 saturated heterocycles. The van der Waals surface area contributed by atoms with Gasteiger partial charge < -0.3 is 4.74 Å². The molecular formula is C9H14O3. The average Bonchev–Trinajstić information content (AvgIpc) is 2.35. The third-order valence-electron chi connectivity index (χ3n) is 2.23. The average molecular weight is 170 g/mol. The van der Waals surface area contributed by atoms with Crippen molar-refractivity contribution in [2.24, 2.45) is 5.92 Å². The first-order valence-corrected chi connectivity index (χ1v) is 4.37. The quantitative estimate of drug-likeness (QED) is 0.587. The van der Waals surface area contributed by atoms with Crippen LogP contribution in [-0.2, 0) is 14.3 Å². The van der Waals surface area contributed by atoms with Crippen molar-refractivity contribution < 1.29 is 14.3 Å². The first-order chi connectivity index (χ1) is 5.65. The summed E-state index contributed by atoms with van der Waals surface area (Å²) in [6, 6.07) is 0. The van der Waals surface area contributed by atoms with E-state index in [4.69, 9.17) is 4.74 Å². The van der Waals surface area contributed by atoms with Gasteiger partial charge in [-0.3, -0.25) is 9.59 Å². The highest BCUT2D eigenvalue weighted by Gasteiger charge is 2.34. The van der Waals surface area contributed by atoms with Gasteiger partial charge >= 0.3 is 5.97 Å². The summed E-state index contributed by atoms with van der Waals surface area (Å²) in [5, 5.41) is 0. The molecule has 0 radical (unpaired) electrons. The SMILES string of the molecule is CCC(=O)OC1C(=O)CC[C@H]1C. The molecule has 1 rings (SSSR count). The van der Waals surface area contributed by atoms with E-state index in [-0.39, 0.29) is 17.7 Å². The number of rotatable bonds is 2. The summed E-state index contributed by atoms with van der Waals surface area (Å²) in [4.78, 5) is 22.0. The van der Waals surface area contributed by atoms with Crippen LogP contribution in [0.25, 0.3) is 0 Å². The molecule has 0 N–H and O–H groups in total. The lowest BCUT2D eigenvalue weighted by Gasteiger charge is -2.13. The van der Waals surface area contributed by atoms with Crippen LogP contribution in [0.15, 0.2) is 0 Å². The van der Waals surface area contributed by atoms with Crippen molar-refractivity contribution in [2.45, 2.75) is 39.2 Å². The molecule has 0 heterocycles. The fraction of sp³-hybridized carbons (Fsp3) is 0.778. The second-order valence-electron chi connectivity index (χ2n) is 3.25. The van der Waals surface area contributed by atoms with E-state index < -0.39 is 6.10 Å². The molecule has 3 heteroatoms. The predicted molar refractivity (Wildman–Crippen MR) is 43.6 cm³/mol. The molecule has 0 bridgehead atoms. The monoisotopic (exact) mass is 170 g/mol. The van der Waals surface area contributed by atoms with Gasteiger partial charge in [0, 0.05) is 18.8 Å². The molecule has 12 heavy (non-hydrogen) atoms. The van der Waals surface area contributed by atoms with Gasteiger partial charge in [-0.1, -0.05) is 13.8 Å². The van der Waals surface area contributed by atoms with Crippen molar-refractivity contribution in [3.05, 3.63) is 0 Å². The van der Waals surface area contributed by atoms with Crippen LogP contribution in [0.1, 0.15) is 33.1 Å². The minimum absolute atomic E-state index is 0.0734. The van der Waals surface area contributed by atoms with Crippen molar-refractivity contribution in [2.75, 3.05) is 0 Å². The molecule has 0 aromatic carbocycles. The Balaban J connectivity index is 2.50. The van der Waals surface area contributed by atoms with Gasteiger partial charge in [-0.25, -0.2) is 0 Å². The van der Waals surface area contributed by atoms with Crippen molar-refractivity contribution in [3.63, 3.8) is 0 Å². The van der Waals surface area contributed by atoms with Crippen LogP contribution < -0.4 is 0 Å². The summed E-state index contributed by atoms with van der Waals surface area (Å²) in [5.74, 6) is -0.000556. The third kappa shape index (κ3) is 1.84. The molecular weight excluding hydrogens is 156 g/mol. The van der Waals surface area contributed by atoms with Gasteiger partial charge in [0.1, 0.15) is 0 Å². The number of carbonyl (C=O) groups excluding carboxylic acids is 2. The number of Topliss-reactive ketones (excluding diaryl/α,β-unsaturated/α-hetero) is 1. The molecule has 2 atom stereocenters. The van der Waals surface area contributed by atoms with Crippen LogP contribution in [0.2, 0.25) is 0 Å². The van der Waals surface area contributed by atoms with Crippen molar-refractivity contribution in [1.29, 1.82) is 0 Å². The molecule has 1 fully saturated rings. The van der Waals surface area contributed by atoms with Crippen molar-refractivity contribution in [1.82, 2.24) is 0 Å². The van der Waals surface area contributed by atoms with E-state index in [0.717, 1.165) is 6.42 Å². The zero-order valence-electron chi connectivity index (χ0n) is 7.50. The van der Waals surface area contributed by atoms with E-state index in [1.165, 1.54) is 0 Å².